The molecule has 5 heteroatoms. The predicted octanol–water partition coefficient (Wildman–Crippen LogP) is 0.100. The summed E-state index contributed by atoms with van der Waals surface area (Å²) in [4.78, 5) is 22.0. The van der Waals surface area contributed by atoms with Crippen LogP contribution in [0.1, 0.15) is 24.9 Å². The van der Waals surface area contributed by atoms with E-state index >= 15 is 0 Å². The Kier molecular flexibility index (Phi) is 4.66. The molecule has 2 atom stereocenters. The van der Waals surface area contributed by atoms with Crippen molar-refractivity contribution in [3.63, 3.8) is 0 Å². The number of carbonyl (C=O) groups is 2. The minimum atomic E-state index is -1.39. The molecule has 2 unspecified atom stereocenters. The van der Waals surface area contributed by atoms with Crippen molar-refractivity contribution in [1.82, 2.24) is 5.32 Å². The fourth-order valence-electron chi connectivity index (χ4n) is 1.42. The lowest BCUT2D eigenvalue weighted by Gasteiger charge is -2.16. The van der Waals surface area contributed by atoms with Gasteiger partial charge in [-0.25, -0.2) is 0 Å². The molecule has 0 saturated carbocycles. The third-order valence-electron chi connectivity index (χ3n) is 2.36. The first-order valence-corrected chi connectivity index (χ1v) is 5.32. The van der Waals surface area contributed by atoms with Crippen LogP contribution in [-0.2, 0) is 9.59 Å². The number of benzene rings is 1. The molecule has 2 amide bonds. The standard InChI is InChI=1S/C12H16N2O3/c1-8(9-5-3-2-4-6-9)14-12(17)10(15)7-11(13)16/h2-6,8,10,15H,7H2,1H3,(H2,13,16)(H,14,17). The highest BCUT2D eigenvalue weighted by molar-refractivity contribution is 5.86. The normalized spacial score (nSPS) is 13.8. The molecule has 0 spiro atoms. The van der Waals surface area contributed by atoms with Crippen molar-refractivity contribution >= 4 is 11.8 Å². The van der Waals surface area contributed by atoms with E-state index in [9.17, 15) is 14.7 Å². The minimum Gasteiger partial charge on any atom is -0.383 e. The average Bonchev–Trinajstić information content (AvgIpc) is 2.29. The Morgan fingerprint density at radius 2 is 1.94 bits per heavy atom. The van der Waals surface area contributed by atoms with Gasteiger partial charge in [-0.2, -0.15) is 0 Å². The minimum absolute atomic E-state index is 0.230. The van der Waals surface area contributed by atoms with Crippen molar-refractivity contribution in [3.05, 3.63) is 35.9 Å². The third kappa shape index (κ3) is 4.24. The number of nitrogens with two attached hydrogens (primary N) is 1. The fraction of sp³-hybridized carbons (Fsp3) is 0.333. The number of primary amides is 1. The van der Waals surface area contributed by atoms with Crippen LogP contribution in [0.25, 0.3) is 0 Å². The summed E-state index contributed by atoms with van der Waals surface area (Å²) in [6, 6.07) is 9.10. The summed E-state index contributed by atoms with van der Waals surface area (Å²) in [5.74, 6) is -1.31. The average molecular weight is 236 g/mol. The van der Waals surface area contributed by atoms with Gasteiger partial charge in [-0.05, 0) is 12.5 Å². The summed E-state index contributed by atoms with van der Waals surface area (Å²) < 4.78 is 0. The molecule has 0 heterocycles. The lowest BCUT2D eigenvalue weighted by molar-refractivity contribution is -0.134. The number of rotatable bonds is 5. The highest BCUT2D eigenvalue weighted by atomic mass is 16.3. The smallest absolute Gasteiger partial charge is 0.249 e. The molecule has 0 aliphatic heterocycles. The number of nitrogens with one attached hydrogen (secondary N) is 1. The lowest BCUT2D eigenvalue weighted by atomic mass is 10.1. The monoisotopic (exact) mass is 236 g/mol. The van der Waals surface area contributed by atoms with Crippen LogP contribution in [-0.4, -0.2) is 23.0 Å². The summed E-state index contributed by atoms with van der Waals surface area (Å²) in [6.45, 7) is 1.80. The Bertz CT molecular complexity index is 392. The van der Waals surface area contributed by atoms with Gasteiger partial charge in [0.05, 0.1) is 12.5 Å². The highest BCUT2D eigenvalue weighted by Gasteiger charge is 2.19. The summed E-state index contributed by atoms with van der Waals surface area (Å²) in [5.41, 5.74) is 5.82. The third-order valence-corrected chi connectivity index (χ3v) is 2.36. The van der Waals surface area contributed by atoms with Gasteiger partial charge >= 0.3 is 0 Å². The van der Waals surface area contributed by atoms with E-state index in [1.807, 2.05) is 30.3 Å². The van der Waals surface area contributed by atoms with Crippen LogP contribution in [0.4, 0.5) is 0 Å². The van der Waals surface area contributed by atoms with Crippen LogP contribution < -0.4 is 11.1 Å². The molecule has 0 aromatic heterocycles. The Hall–Kier alpha value is -1.88. The molecule has 0 saturated heterocycles. The van der Waals surface area contributed by atoms with E-state index in [-0.39, 0.29) is 12.5 Å². The van der Waals surface area contributed by atoms with E-state index < -0.39 is 17.9 Å². The first-order valence-electron chi connectivity index (χ1n) is 5.32. The fourth-order valence-corrected chi connectivity index (χ4v) is 1.42. The molecular weight excluding hydrogens is 220 g/mol. The molecule has 1 aromatic rings. The van der Waals surface area contributed by atoms with Gasteiger partial charge in [0, 0.05) is 0 Å². The molecule has 1 aromatic carbocycles. The van der Waals surface area contributed by atoms with E-state index in [2.05, 4.69) is 5.32 Å². The van der Waals surface area contributed by atoms with Crippen LogP contribution in [0.5, 0.6) is 0 Å². The molecule has 17 heavy (non-hydrogen) atoms. The molecule has 0 aliphatic rings. The van der Waals surface area contributed by atoms with Crippen molar-refractivity contribution in [2.45, 2.75) is 25.5 Å². The van der Waals surface area contributed by atoms with E-state index in [4.69, 9.17) is 5.73 Å². The maximum absolute atomic E-state index is 11.5. The van der Waals surface area contributed by atoms with Crippen molar-refractivity contribution in [2.75, 3.05) is 0 Å². The topological polar surface area (TPSA) is 92.4 Å². The molecular formula is C12H16N2O3. The SMILES string of the molecule is CC(NC(=O)C(O)CC(N)=O)c1ccccc1. The molecule has 0 aliphatic carbocycles. The Morgan fingerprint density at radius 1 is 1.35 bits per heavy atom. The number of aliphatic hydroxyl groups is 1. The quantitative estimate of drug-likeness (QED) is 0.677. The summed E-state index contributed by atoms with van der Waals surface area (Å²) in [6.07, 6.45) is -1.76. The molecule has 5 nitrogen and oxygen atoms in total. The molecule has 4 N–H and O–H groups in total. The molecule has 0 radical (unpaired) electrons. The molecule has 0 bridgehead atoms. The van der Waals surface area contributed by atoms with E-state index in [1.54, 1.807) is 6.92 Å². The van der Waals surface area contributed by atoms with Gasteiger partial charge < -0.3 is 16.2 Å². The molecule has 0 fully saturated rings. The second kappa shape index (κ2) is 6.00. The van der Waals surface area contributed by atoms with Crippen LogP contribution in [0.2, 0.25) is 0 Å². The van der Waals surface area contributed by atoms with Gasteiger partial charge in [-0.15, -0.1) is 0 Å². The Labute approximate surface area is 99.6 Å². The van der Waals surface area contributed by atoms with Crippen molar-refractivity contribution in [1.29, 1.82) is 0 Å². The predicted molar refractivity (Wildman–Crippen MR) is 62.8 cm³/mol. The van der Waals surface area contributed by atoms with Gasteiger partial charge in [0.1, 0.15) is 6.10 Å². The highest BCUT2D eigenvalue weighted by Crippen LogP contribution is 2.11. The summed E-state index contributed by atoms with van der Waals surface area (Å²) >= 11 is 0. The number of carbonyl (C=O) groups excluding carboxylic acids is 2. The maximum Gasteiger partial charge on any atom is 0.249 e. The first kappa shape index (κ1) is 13.2. The van der Waals surface area contributed by atoms with E-state index in [0.29, 0.717) is 0 Å². The van der Waals surface area contributed by atoms with Gasteiger partial charge in [0.2, 0.25) is 11.8 Å². The van der Waals surface area contributed by atoms with Crippen molar-refractivity contribution in [3.8, 4) is 0 Å². The van der Waals surface area contributed by atoms with Crippen LogP contribution >= 0.6 is 0 Å². The Morgan fingerprint density at radius 3 is 2.47 bits per heavy atom. The molecule has 92 valence electrons. The number of hydrogen-bond acceptors (Lipinski definition) is 3. The van der Waals surface area contributed by atoms with Crippen molar-refractivity contribution in [2.24, 2.45) is 5.73 Å². The van der Waals surface area contributed by atoms with E-state index in [1.165, 1.54) is 0 Å². The zero-order valence-corrected chi connectivity index (χ0v) is 9.59. The van der Waals surface area contributed by atoms with Crippen LogP contribution in [0.15, 0.2) is 30.3 Å². The van der Waals surface area contributed by atoms with E-state index in [0.717, 1.165) is 5.56 Å². The first-order chi connectivity index (χ1) is 8.00. The molecule has 1 rings (SSSR count). The van der Waals surface area contributed by atoms with Gasteiger partial charge in [-0.1, -0.05) is 30.3 Å². The number of aliphatic hydroxyl groups excluding tert-OH is 1. The summed E-state index contributed by atoms with van der Waals surface area (Å²) in [7, 11) is 0. The van der Waals surface area contributed by atoms with Crippen LogP contribution in [0.3, 0.4) is 0 Å². The largest absolute Gasteiger partial charge is 0.383 e. The lowest BCUT2D eigenvalue weighted by Crippen LogP contribution is -2.38. The van der Waals surface area contributed by atoms with Gasteiger partial charge in [0.15, 0.2) is 0 Å². The second-order valence-electron chi connectivity index (χ2n) is 3.83. The zero-order valence-electron chi connectivity index (χ0n) is 9.59. The maximum atomic E-state index is 11.5. The van der Waals surface area contributed by atoms with Gasteiger partial charge in [0.25, 0.3) is 0 Å². The number of amides is 2. The van der Waals surface area contributed by atoms with Crippen LogP contribution in [0, 0.1) is 0 Å². The Balaban J connectivity index is 2.54. The van der Waals surface area contributed by atoms with Crippen molar-refractivity contribution < 1.29 is 14.7 Å². The van der Waals surface area contributed by atoms with Gasteiger partial charge in [-0.3, -0.25) is 9.59 Å². The number of hydrogen-bond donors (Lipinski definition) is 3. The summed E-state index contributed by atoms with van der Waals surface area (Å²) in [5, 5.41) is 12.0. The zero-order chi connectivity index (χ0) is 12.8. The second-order valence-corrected chi connectivity index (χ2v) is 3.83.